The Kier molecular flexibility index (Phi) is 7.42. The van der Waals surface area contributed by atoms with Crippen LogP contribution < -0.4 is 21.7 Å². The van der Waals surface area contributed by atoms with E-state index < -0.39 is 5.82 Å². The van der Waals surface area contributed by atoms with Crippen molar-refractivity contribution in [1.82, 2.24) is 15.3 Å². The minimum absolute atomic E-state index is 0.0571. The van der Waals surface area contributed by atoms with Gasteiger partial charge in [0.2, 0.25) is 0 Å². The zero-order chi connectivity index (χ0) is 25.1. The van der Waals surface area contributed by atoms with Gasteiger partial charge >= 0.3 is 0 Å². The van der Waals surface area contributed by atoms with Crippen molar-refractivity contribution in [3.05, 3.63) is 59.3 Å². The van der Waals surface area contributed by atoms with E-state index in [2.05, 4.69) is 20.2 Å². The summed E-state index contributed by atoms with van der Waals surface area (Å²) in [4.78, 5) is 36.3. The van der Waals surface area contributed by atoms with Crippen molar-refractivity contribution >= 4 is 33.7 Å². The number of carbonyl (C=O) groups is 2. The number of nitrogens with two attached hydrogens (primary N) is 2. The lowest BCUT2D eigenvalue weighted by molar-refractivity contribution is 0.0941. The summed E-state index contributed by atoms with van der Waals surface area (Å²) in [5.41, 5.74) is 14.5. The number of Topliss-reactive ketones (excluding diaryl/α,β-unsaturated/α-hetero) is 1. The fraction of sp³-hybridized carbons (Fsp3) is 0.360. The average molecular weight is 497 g/mol. The van der Waals surface area contributed by atoms with Gasteiger partial charge in [0.1, 0.15) is 21.5 Å². The van der Waals surface area contributed by atoms with Crippen molar-refractivity contribution in [2.45, 2.75) is 45.2 Å². The number of rotatable bonds is 7. The summed E-state index contributed by atoms with van der Waals surface area (Å²) in [5, 5.41) is 3.23. The van der Waals surface area contributed by atoms with Gasteiger partial charge in [-0.05, 0) is 51.0 Å². The highest BCUT2D eigenvalue weighted by atomic mass is 32.1. The number of nitrogens with zero attached hydrogens (tertiary/aromatic N) is 3. The number of hydrogen-bond donors (Lipinski definition) is 3. The summed E-state index contributed by atoms with van der Waals surface area (Å²) >= 11 is 1.02. The maximum Gasteiger partial charge on any atom is 0.251 e. The average Bonchev–Trinajstić information content (AvgIpc) is 3.20. The molecule has 1 saturated heterocycles. The van der Waals surface area contributed by atoms with Crippen molar-refractivity contribution in [3.63, 3.8) is 0 Å². The molecule has 0 aliphatic carbocycles. The molecule has 3 aromatic rings. The smallest absolute Gasteiger partial charge is 0.251 e. The van der Waals surface area contributed by atoms with E-state index in [-0.39, 0.29) is 51.5 Å². The molecule has 0 bridgehead atoms. The van der Waals surface area contributed by atoms with E-state index in [0.29, 0.717) is 12.1 Å². The summed E-state index contributed by atoms with van der Waals surface area (Å²) < 4.78 is 14.6. The van der Waals surface area contributed by atoms with Crippen molar-refractivity contribution < 1.29 is 14.0 Å². The van der Waals surface area contributed by atoms with Gasteiger partial charge in [-0.25, -0.2) is 9.37 Å². The SMILES string of the molecule is CC(C)NC(=O)c1ccc(F)c(-c2nc(C(=O)Cc3cnccc3N3CCC[C@@H](N)C3)c(N)s2)c1. The molecule has 1 amide bonds. The number of carbonyl (C=O) groups excluding carboxylic acids is 2. The number of anilines is 2. The van der Waals surface area contributed by atoms with Crippen LogP contribution in [0.15, 0.2) is 36.7 Å². The van der Waals surface area contributed by atoms with Crippen LogP contribution in [0.5, 0.6) is 0 Å². The van der Waals surface area contributed by atoms with Gasteiger partial charge in [-0.1, -0.05) is 11.3 Å². The van der Waals surface area contributed by atoms with Crippen LogP contribution >= 0.6 is 11.3 Å². The standard InChI is InChI=1S/C25H29FN6O2S/c1-14(2)30-24(34)15-5-6-19(26)18(10-15)25-31-22(23(28)35-25)21(33)11-16-12-29-8-7-20(16)32-9-3-4-17(27)13-32/h5-8,10,12,14,17H,3-4,9,11,13,27-28H2,1-2H3,(H,30,34)/t17-/m1/s1. The normalized spacial score (nSPS) is 15.9. The predicted octanol–water partition coefficient (Wildman–Crippen LogP) is 3.42. The maximum atomic E-state index is 14.6. The first kappa shape index (κ1) is 24.7. The summed E-state index contributed by atoms with van der Waals surface area (Å²) in [5.74, 6) is -1.15. The Morgan fingerprint density at radius 2 is 2.11 bits per heavy atom. The number of hydrogen-bond acceptors (Lipinski definition) is 8. The van der Waals surface area contributed by atoms with Crippen LogP contribution in [0.3, 0.4) is 0 Å². The molecule has 4 rings (SSSR count). The topological polar surface area (TPSA) is 127 Å². The van der Waals surface area contributed by atoms with Crippen LogP contribution in [0.4, 0.5) is 15.1 Å². The Bertz CT molecular complexity index is 1240. The first-order chi connectivity index (χ1) is 16.7. The minimum Gasteiger partial charge on any atom is -0.389 e. The highest BCUT2D eigenvalue weighted by molar-refractivity contribution is 7.19. The number of pyridine rings is 1. The third-order valence-electron chi connectivity index (χ3n) is 5.82. The van der Waals surface area contributed by atoms with E-state index in [4.69, 9.17) is 11.5 Å². The van der Waals surface area contributed by atoms with E-state index in [9.17, 15) is 14.0 Å². The molecule has 1 atom stereocenters. The second-order valence-electron chi connectivity index (χ2n) is 9.01. The molecule has 0 saturated carbocycles. The second-order valence-corrected chi connectivity index (χ2v) is 10.0. The maximum absolute atomic E-state index is 14.6. The Morgan fingerprint density at radius 3 is 2.86 bits per heavy atom. The van der Waals surface area contributed by atoms with E-state index in [1.807, 2.05) is 19.9 Å². The second kappa shape index (κ2) is 10.5. The van der Waals surface area contributed by atoms with Gasteiger partial charge in [0.25, 0.3) is 5.91 Å². The minimum atomic E-state index is -0.546. The molecule has 5 N–H and O–H groups in total. The number of ketones is 1. The van der Waals surface area contributed by atoms with Gasteiger partial charge < -0.3 is 21.7 Å². The van der Waals surface area contributed by atoms with Crippen LogP contribution in [0.1, 0.15) is 53.1 Å². The molecule has 3 heterocycles. The first-order valence-corrected chi connectivity index (χ1v) is 12.4. The Balaban J connectivity index is 1.59. The first-order valence-electron chi connectivity index (χ1n) is 11.6. The molecular formula is C25H29FN6O2S. The molecule has 1 aromatic carbocycles. The van der Waals surface area contributed by atoms with Crippen LogP contribution in [-0.4, -0.2) is 46.8 Å². The molecule has 10 heteroatoms. The van der Waals surface area contributed by atoms with Crippen LogP contribution in [0.2, 0.25) is 0 Å². The number of piperidine rings is 1. The Hall–Kier alpha value is -3.37. The molecule has 1 aliphatic heterocycles. The quantitative estimate of drug-likeness (QED) is 0.428. The van der Waals surface area contributed by atoms with Crippen molar-refractivity contribution in [3.8, 4) is 10.6 Å². The molecule has 184 valence electrons. The van der Waals surface area contributed by atoms with Crippen LogP contribution in [0.25, 0.3) is 10.6 Å². The number of aromatic nitrogens is 2. The number of thiazole rings is 1. The molecule has 1 aliphatic rings. The van der Waals surface area contributed by atoms with Gasteiger partial charge in [-0.2, -0.15) is 0 Å². The number of nitrogens with one attached hydrogen (secondary N) is 1. The fourth-order valence-corrected chi connectivity index (χ4v) is 5.04. The van der Waals surface area contributed by atoms with Gasteiger partial charge in [0, 0.05) is 66.4 Å². The summed E-state index contributed by atoms with van der Waals surface area (Å²) in [6.45, 7) is 5.26. The van der Waals surface area contributed by atoms with Gasteiger partial charge in [0.15, 0.2) is 5.78 Å². The van der Waals surface area contributed by atoms with Gasteiger partial charge in [0.05, 0.1) is 0 Å². The van der Waals surface area contributed by atoms with Gasteiger partial charge in [-0.3, -0.25) is 14.6 Å². The molecular weight excluding hydrogens is 467 g/mol. The lowest BCUT2D eigenvalue weighted by Gasteiger charge is -2.33. The lowest BCUT2D eigenvalue weighted by Crippen LogP contribution is -2.43. The zero-order valence-corrected chi connectivity index (χ0v) is 20.6. The van der Waals surface area contributed by atoms with Crippen molar-refractivity contribution in [2.24, 2.45) is 5.73 Å². The van der Waals surface area contributed by atoms with E-state index >= 15 is 0 Å². The highest BCUT2D eigenvalue weighted by Gasteiger charge is 2.24. The van der Waals surface area contributed by atoms with Crippen molar-refractivity contribution in [1.29, 1.82) is 0 Å². The zero-order valence-electron chi connectivity index (χ0n) is 19.8. The molecule has 0 unspecified atom stereocenters. The molecule has 2 aromatic heterocycles. The van der Waals surface area contributed by atoms with Gasteiger partial charge in [-0.15, -0.1) is 0 Å². The third-order valence-corrected chi connectivity index (χ3v) is 6.74. The molecule has 0 radical (unpaired) electrons. The lowest BCUT2D eigenvalue weighted by atomic mass is 10.0. The van der Waals surface area contributed by atoms with E-state index in [1.54, 1.807) is 12.4 Å². The largest absolute Gasteiger partial charge is 0.389 e. The number of amides is 1. The predicted molar refractivity (Wildman–Crippen MR) is 136 cm³/mol. The summed E-state index contributed by atoms with van der Waals surface area (Å²) in [6, 6.07) is 5.97. The van der Waals surface area contributed by atoms with Crippen LogP contribution in [-0.2, 0) is 6.42 Å². The monoisotopic (exact) mass is 496 g/mol. The van der Waals surface area contributed by atoms with Crippen LogP contribution in [0, 0.1) is 5.82 Å². The molecule has 8 nitrogen and oxygen atoms in total. The summed E-state index contributed by atoms with van der Waals surface area (Å²) in [6.07, 6.45) is 5.39. The molecule has 1 fully saturated rings. The Labute approximate surface area is 207 Å². The van der Waals surface area contributed by atoms with Crippen molar-refractivity contribution in [2.75, 3.05) is 23.7 Å². The summed E-state index contributed by atoms with van der Waals surface area (Å²) in [7, 11) is 0. The van der Waals surface area contributed by atoms with E-state index in [1.165, 1.54) is 18.2 Å². The Morgan fingerprint density at radius 1 is 1.31 bits per heavy atom. The number of halogens is 1. The molecule has 35 heavy (non-hydrogen) atoms. The number of benzene rings is 1. The third kappa shape index (κ3) is 5.66. The number of nitrogen functional groups attached to an aromatic ring is 1. The molecule has 0 spiro atoms. The highest BCUT2D eigenvalue weighted by Crippen LogP contribution is 2.33. The van der Waals surface area contributed by atoms with E-state index in [0.717, 1.165) is 42.0 Å². The fourth-order valence-electron chi connectivity index (χ4n) is 4.17.